The molecule has 0 spiro atoms. The van der Waals surface area contributed by atoms with E-state index in [1.165, 1.54) is 42.5 Å². The van der Waals surface area contributed by atoms with Crippen LogP contribution in [0.3, 0.4) is 0 Å². The van der Waals surface area contributed by atoms with Crippen molar-refractivity contribution < 1.29 is 28.6 Å². The van der Waals surface area contributed by atoms with Gasteiger partial charge in [-0.05, 0) is 54.6 Å². The zero-order valence-electron chi connectivity index (χ0n) is 31.6. The van der Waals surface area contributed by atoms with E-state index in [0.717, 1.165) is 38.5 Å². The number of ether oxygens (including phenoxy) is 2. The fourth-order valence-electron chi connectivity index (χ4n) is 6.52. The van der Waals surface area contributed by atoms with E-state index >= 15 is 0 Å². The van der Waals surface area contributed by atoms with Gasteiger partial charge in [0.25, 0.3) is 8.32 Å². The van der Waals surface area contributed by atoms with Gasteiger partial charge in [-0.15, -0.1) is 0 Å². The summed E-state index contributed by atoms with van der Waals surface area (Å²) >= 11 is 0. The van der Waals surface area contributed by atoms with Crippen molar-refractivity contribution in [3.05, 3.63) is 60.7 Å². The van der Waals surface area contributed by atoms with Gasteiger partial charge in [-0.25, -0.2) is 0 Å². The van der Waals surface area contributed by atoms with Crippen molar-refractivity contribution in [2.75, 3.05) is 33.4 Å². The van der Waals surface area contributed by atoms with Crippen molar-refractivity contribution >= 4 is 30.6 Å². The fourth-order valence-corrected chi connectivity index (χ4v) is 11.1. The lowest BCUT2D eigenvalue weighted by molar-refractivity contribution is -0.150. The molecule has 0 heterocycles. The Bertz CT molecular complexity index is 1120. The molecule has 0 aromatic heterocycles. The first-order chi connectivity index (χ1) is 23.5. The van der Waals surface area contributed by atoms with Gasteiger partial charge in [0.05, 0.1) is 0 Å². The maximum atomic E-state index is 12.3. The second kappa shape index (κ2) is 23.8. The van der Waals surface area contributed by atoms with E-state index in [0.29, 0.717) is 39.0 Å². The molecule has 0 aliphatic carbocycles. The minimum Gasteiger partial charge on any atom is -0.463 e. The van der Waals surface area contributed by atoms with Gasteiger partial charge in [-0.1, -0.05) is 140 Å². The molecular formula is C41H67NO6Si. The largest absolute Gasteiger partial charge is 0.463 e. The third-order valence-electron chi connectivity index (χ3n) is 9.31. The zero-order valence-corrected chi connectivity index (χ0v) is 32.6. The molecule has 0 amide bonds. The predicted octanol–water partition coefficient (Wildman–Crippen LogP) is 7.81. The molecule has 0 bridgehead atoms. The number of benzene rings is 2. The molecule has 0 fully saturated rings. The summed E-state index contributed by atoms with van der Waals surface area (Å²) in [5, 5.41) is 13.0. The van der Waals surface area contributed by atoms with E-state index in [4.69, 9.17) is 13.9 Å². The highest BCUT2D eigenvalue weighted by Crippen LogP contribution is 2.36. The Morgan fingerprint density at radius 3 is 1.86 bits per heavy atom. The summed E-state index contributed by atoms with van der Waals surface area (Å²) < 4.78 is 18.0. The maximum absolute atomic E-state index is 12.3. The van der Waals surface area contributed by atoms with Crippen molar-refractivity contribution in [1.29, 1.82) is 0 Å². The molecule has 2 rings (SSSR count). The highest BCUT2D eigenvalue weighted by Gasteiger charge is 2.50. The SMILES string of the molecule is CCCCCCCCC(CC)OC(=O)CCCCCCC(=O)OCC(O)CN(C)CCO[Si](c1ccccc1)(c1ccccc1)C(C)(C)C. The van der Waals surface area contributed by atoms with Crippen LogP contribution in [0.25, 0.3) is 0 Å². The number of unbranched alkanes of at least 4 members (excludes halogenated alkanes) is 8. The van der Waals surface area contributed by atoms with Crippen LogP contribution in [-0.4, -0.2) is 75.8 Å². The van der Waals surface area contributed by atoms with E-state index < -0.39 is 14.4 Å². The van der Waals surface area contributed by atoms with Crippen LogP contribution in [0.1, 0.15) is 125 Å². The molecule has 0 radical (unpaired) electrons. The molecule has 2 aromatic carbocycles. The predicted molar refractivity (Wildman–Crippen MR) is 204 cm³/mol. The van der Waals surface area contributed by atoms with Gasteiger partial charge in [0, 0.05) is 32.5 Å². The van der Waals surface area contributed by atoms with Gasteiger partial charge in [0.1, 0.15) is 18.8 Å². The molecule has 0 saturated carbocycles. The lowest BCUT2D eigenvalue weighted by Gasteiger charge is -2.43. The number of hydrogen-bond acceptors (Lipinski definition) is 7. The highest BCUT2D eigenvalue weighted by molar-refractivity contribution is 6.99. The quantitative estimate of drug-likeness (QED) is 0.0610. The topological polar surface area (TPSA) is 85.3 Å². The monoisotopic (exact) mass is 697 g/mol. The highest BCUT2D eigenvalue weighted by atomic mass is 28.4. The summed E-state index contributed by atoms with van der Waals surface area (Å²) in [4.78, 5) is 26.6. The number of esters is 2. The van der Waals surface area contributed by atoms with Crippen LogP contribution in [0.2, 0.25) is 5.04 Å². The number of hydrogen-bond donors (Lipinski definition) is 1. The van der Waals surface area contributed by atoms with Crippen molar-refractivity contribution in [2.24, 2.45) is 0 Å². The van der Waals surface area contributed by atoms with Crippen LogP contribution < -0.4 is 10.4 Å². The van der Waals surface area contributed by atoms with Crippen LogP contribution in [-0.2, 0) is 23.5 Å². The molecule has 0 aliphatic heterocycles. The summed E-state index contributed by atoms with van der Waals surface area (Å²) in [5.74, 6) is -0.401. The molecule has 8 heteroatoms. The molecule has 2 unspecified atom stereocenters. The Kier molecular flexibility index (Phi) is 20.7. The Morgan fingerprint density at radius 1 is 0.776 bits per heavy atom. The normalized spacial score (nSPS) is 13.3. The first-order valence-electron chi connectivity index (χ1n) is 19.0. The van der Waals surface area contributed by atoms with Crippen molar-refractivity contribution in [3.63, 3.8) is 0 Å². The average Bonchev–Trinajstić information content (AvgIpc) is 3.08. The number of carbonyl (C=O) groups excluding carboxylic acids is 2. The average molecular weight is 698 g/mol. The van der Waals surface area contributed by atoms with Crippen molar-refractivity contribution in [2.45, 2.75) is 142 Å². The summed E-state index contributed by atoms with van der Waals surface area (Å²) in [6.07, 6.45) is 12.5. The molecule has 7 nitrogen and oxygen atoms in total. The number of aliphatic hydroxyl groups excluding tert-OH is 1. The van der Waals surface area contributed by atoms with Crippen LogP contribution >= 0.6 is 0 Å². The minimum absolute atomic E-state index is 0.0259. The third kappa shape index (κ3) is 15.9. The molecule has 2 atom stereocenters. The maximum Gasteiger partial charge on any atom is 0.306 e. The van der Waals surface area contributed by atoms with Gasteiger partial charge in [-0.3, -0.25) is 9.59 Å². The van der Waals surface area contributed by atoms with E-state index in [1.54, 1.807) is 0 Å². The van der Waals surface area contributed by atoms with Gasteiger partial charge in [0.15, 0.2) is 0 Å². The smallest absolute Gasteiger partial charge is 0.306 e. The summed E-state index contributed by atoms with van der Waals surface area (Å²) in [6, 6.07) is 21.1. The van der Waals surface area contributed by atoms with Crippen molar-refractivity contribution in [3.8, 4) is 0 Å². The van der Waals surface area contributed by atoms with E-state index in [2.05, 4.69) is 83.1 Å². The van der Waals surface area contributed by atoms with Crippen LogP contribution in [0.15, 0.2) is 60.7 Å². The van der Waals surface area contributed by atoms with Gasteiger partial charge in [0.2, 0.25) is 0 Å². The zero-order chi connectivity index (χ0) is 36.0. The molecular weight excluding hydrogens is 631 g/mol. The van der Waals surface area contributed by atoms with Crippen LogP contribution in [0.5, 0.6) is 0 Å². The standard InChI is InChI=1S/C41H67NO6Si/c1-7-9-10-11-12-17-24-36(8-2)48-40(45)30-23-14-13-22-29-39(44)46-34-35(43)33-42(6)31-32-47-49(41(3,4)5,37-25-18-15-19-26-37)38-27-20-16-21-28-38/h15-16,18-21,25-28,35-36,43H,7-14,17,22-24,29-34H2,1-6H3. The Morgan fingerprint density at radius 2 is 1.31 bits per heavy atom. The third-order valence-corrected chi connectivity index (χ3v) is 14.4. The molecule has 276 valence electrons. The number of nitrogens with zero attached hydrogens (tertiary/aromatic N) is 1. The number of carbonyl (C=O) groups is 2. The molecule has 0 saturated heterocycles. The Balaban J connectivity index is 1.64. The minimum atomic E-state index is -2.61. The van der Waals surface area contributed by atoms with Crippen LogP contribution in [0.4, 0.5) is 0 Å². The summed E-state index contributed by atoms with van der Waals surface area (Å²) in [5.41, 5.74) is 0. The molecule has 49 heavy (non-hydrogen) atoms. The molecule has 1 N–H and O–H groups in total. The van der Waals surface area contributed by atoms with Gasteiger partial charge in [-0.2, -0.15) is 0 Å². The van der Waals surface area contributed by atoms with E-state index in [-0.39, 0.29) is 29.7 Å². The first kappa shape index (κ1) is 42.6. The number of aliphatic hydroxyl groups is 1. The van der Waals surface area contributed by atoms with E-state index in [9.17, 15) is 14.7 Å². The number of rotatable bonds is 26. The van der Waals surface area contributed by atoms with E-state index in [1.807, 2.05) is 24.1 Å². The lowest BCUT2D eigenvalue weighted by atomic mass is 10.1. The number of likely N-dealkylation sites (N-methyl/N-ethyl adjacent to an activating group) is 1. The summed E-state index contributed by atoms with van der Waals surface area (Å²) in [7, 11) is -0.661. The Hall–Kier alpha value is -2.52. The molecule has 0 aliphatic rings. The Labute approximate surface area is 299 Å². The van der Waals surface area contributed by atoms with Crippen molar-refractivity contribution in [1.82, 2.24) is 4.90 Å². The summed E-state index contributed by atoms with van der Waals surface area (Å²) in [6.45, 7) is 12.6. The second-order valence-corrected chi connectivity index (χ2v) is 18.9. The molecule has 2 aromatic rings. The second-order valence-electron chi connectivity index (χ2n) is 14.6. The lowest BCUT2D eigenvalue weighted by Crippen LogP contribution is -2.67. The fraction of sp³-hybridized carbons (Fsp3) is 0.659. The first-order valence-corrected chi connectivity index (χ1v) is 20.9. The van der Waals surface area contributed by atoms with Gasteiger partial charge >= 0.3 is 11.9 Å². The van der Waals surface area contributed by atoms with Gasteiger partial charge < -0.3 is 23.9 Å². The van der Waals surface area contributed by atoms with Crippen LogP contribution in [0, 0.1) is 0 Å².